The van der Waals surface area contributed by atoms with Crippen molar-refractivity contribution >= 4 is 63.1 Å². The highest BCUT2D eigenvalue weighted by atomic mass is 35.5. The van der Waals surface area contributed by atoms with Gasteiger partial charge in [0, 0.05) is 34.9 Å². The number of rotatable bonds is 7. The molecule has 10 heteroatoms. The summed E-state index contributed by atoms with van der Waals surface area (Å²) in [7, 11) is 1.60. The molecule has 234 valence electrons. The Balaban J connectivity index is 1.35. The summed E-state index contributed by atoms with van der Waals surface area (Å²) in [5, 5.41) is 5.00. The van der Waals surface area contributed by atoms with Crippen molar-refractivity contribution in [1.82, 2.24) is 9.13 Å². The number of carbonyl (C=O) groups is 1. The molecule has 0 fully saturated rings. The van der Waals surface area contributed by atoms with Crippen LogP contribution in [0.3, 0.4) is 0 Å². The number of nitrogens with zero attached hydrogens (tertiary/aromatic N) is 3. The lowest BCUT2D eigenvalue weighted by atomic mass is 9.95. The van der Waals surface area contributed by atoms with Crippen molar-refractivity contribution in [3.63, 3.8) is 0 Å². The molecule has 47 heavy (non-hydrogen) atoms. The monoisotopic (exact) mass is 678 g/mol. The highest BCUT2D eigenvalue weighted by Gasteiger charge is 2.32. The number of fused-ring (bicyclic) bond motifs is 2. The van der Waals surface area contributed by atoms with Gasteiger partial charge in [-0.1, -0.05) is 89.1 Å². The first kappa shape index (κ1) is 30.7. The highest BCUT2D eigenvalue weighted by Crippen LogP contribution is 2.32. The Morgan fingerprint density at radius 2 is 1.72 bits per heavy atom. The number of allylic oxidation sites excluding steroid dienone is 1. The smallest absolute Gasteiger partial charge is 0.271 e. The van der Waals surface area contributed by atoms with Crippen molar-refractivity contribution in [3.05, 3.63) is 161 Å². The third-order valence-electron chi connectivity index (χ3n) is 8.17. The number of methoxy groups -OCH3 is 1. The third kappa shape index (κ3) is 5.91. The van der Waals surface area contributed by atoms with Crippen LogP contribution >= 0.6 is 34.5 Å². The molecule has 0 aliphatic carbocycles. The Labute approximate surface area is 284 Å². The molecule has 0 unspecified atom stereocenters. The quantitative estimate of drug-likeness (QED) is 0.194. The average molecular weight is 680 g/mol. The summed E-state index contributed by atoms with van der Waals surface area (Å²) in [4.78, 5) is 33.5. The van der Waals surface area contributed by atoms with Crippen LogP contribution in [0, 0.1) is 0 Å². The van der Waals surface area contributed by atoms with Crippen LogP contribution in [0.25, 0.3) is 17.0 Å². The standard InChI is InChI=1S/C37H28Cl2N4O3S/c1-22-33(35(44)41-26-8-4-3-5-9-26)34(24-13-15-27(46-2)16-14-24)43-36(45)32(47-37(43)40-22)19-25-21-42(31-11-7-6-10-28(25)31)20-23-12-17-29(38)30(39)18-23/h3-19,21,34H,20H2,1-2H3,(H,41,44)/b32-19+/t34-/m0/s1. The van der Waals surface area contributed by atoms with Gasteiger partial charge in [0.05, 0.1) is 39.0 Å². The molecule has 0 bridgehead atoms. The van der Waals surface area contributed by atoms with Crippen LogP contribution in [0.2, 0.25) is 10.0 Å². The molecule has 1 aliphatic rings. The number of amides is 1. The van der Waals surface area contributed by atoms with Gasteiger partial charge >= 0.3 is 0 Å². The number of halogens is 2. The van der Waals surface area contributed by atoms with E-state index < -0.39 is 6.04 Å². The Kier molecular flexibility index (Phi) is 8.32. The number of benzene rings is 4. The lowest BCUT2D eigenvalue weighted by molar-refractivity contribution is -0.113. The first-order valence-corrected chi connectivity index (χ1v) is 16.4. The predicted octanol–water partition coefficient (Wildman–Crippen LogP) is 7.19. The zero-order chi connectivity index (χ0) is 32.7. The SMILES string of the molecule is COc1ccc([C@H]2C(C(=O)Nc3ccccc3)=C(C)N=c3s/c(=C/c4cn(Cc5ccc(Cl)c(Cl)c5)c5ccccc45)c(=O)n32)cc1. The Bertz CT molecular complexity index is 2370. The number of aromatic nitrogens is 2. The number of nitrogens with one attached hydrogen (secondary N) is 1. The Hall–Kier alpha value is -4.89. The molecule has 1 N–H and O–H groups in total. The molecule has 1 aliphatic heterocycles. The molecule has 1 atom stereocenters. The Morgan fingerprint density at radius 1 is 0.979 bits per heavy atom. The number of ether oxygens (including phenoxy) is 1. The molecule has 0 radical (unpaired) electrons. The first-order chi connectivity index (χ1) is 22.8. The van der Waals surface area contributed by atoms with E-state index in [-0.39, 0.29) is 11.5 Å². The van der Waals surface area contributed by atoms with Gasteiger partial charge < -0.3 is 14.6 Å². The summed E-state index contributed by atoms with van der Waals surface area (Å²) in [6.07, 6.45) is 3.95. The van der Waals surface area contributed by atoms with Gasteiger partial charge in [-0.05, 0) is 66.6 Å². The van der Waals surface area contributed by atoms with Crippen LogP contribution in [-0.2, 0) is 11.3 Å². The molecule has 0 spiro atoms. The van der Waals surface area contributed by atoms with Crippen molar-refractivity contribution in [1.29, 1.82) is 0 Å². The molecule has 0 saturated heterocycles. The fourth-order valence-electron chi connectivity index (χ4n) is 5.93. The van der Waals surface area contributed by atoms with Crippen LogP contribution in [0.1, 0.15) is 29.7 Å². The summed E-state index contributed by atoms with van der Waals surface area (Å²) in [5.74, 6) is 0.354. The van der Waals surface area contributed by atoms with Gasteiger partial charge in [0.2, 0.25) is 0 Å². The fourth-order valence-corrected chi connectivity index (χ4v) is 7.29. The first-order valence-electron chi connectivity index (χ1n) is 14.9. The molecule has 3 heterocycles. The lowest BCUT2D eigenvalue weighted by Crippen LogP contribution is -2.40. The van der Waals surface area contributed by atoms with E-state index in [9.17, 15) is 9.59 Å². The minimum absolute atomic E-state index is 0.228. The van der Waals surface area contributed by atoms with Crippen LogP contribution in [0.5, 0.6) is 5.75 Å². The van der Waals surface area contributed by atoms with E-state index in [2.05, 4.69) is 16.0 Å². The third-order valence-corrected chi connectivity index (χ3v) is 9.89. The van der Waals surface area contributed by atoms with Crippen LogP contribution in [-0.4, -0.2) is 22.2 Å². The van der Waals surface area contributed by atoms with Crippen LogP contribution in [0.15, 0.2) is 124 Å². The van der Waals surface area contributed by atoms with E-state index in [4.69, 9.17) is 32.9 Å². The number of thiazole rings is 1. The minimum atomic E-state index is -0.695. The topological polar surface area (TPSA) is 77.6 Å². The van der Waals surface area contributed by atoms with Gasteiger partial charge in [-0.15, -0.1) is 0 Å². The van der Waals surface area contributed by atoms with E-state index in [1.165, 1.54) is 11.3 Å². The van der Waals surface area contributed by atoms with Gasteiger partial charge in [0.1, 0.15) is 5.75 Å². The summed E-state index contributed by atoms with van der Waals surface area (Å²) in [6, 6.07) is 29.6. The average Bonchev–Trinajstić information content (AvgIpc) is 3.58. The van der Waals surface area contributed by atoms with Crippen molar-refractivity contribution in [3.8, 4) is 5.75 Å². The summed E-state index contributed by atoms with van der Waals surface area (Å²) < 4.78 is 9.65. The Morgan fingerprint density at radius 3 is 2.47 bits per heavy atom. The molecule has 4 aromatic carbocycles. The molecular weight excluding hydrogens is 651 g/mol. The van der Waals surface area contributed by atoms with Crippen molar-refractivity contribution < 1.29 is 9.53 Å². The second kappa shape index (κ2) is 12.7. The molecule has 1 amide bonds. The summed E-state index contributed by atoms with van der Waals surface area (Å²) in [5.41, 5.74) is 5.05. The van der Waals surface area contributed by atoms with E-state index in [0.29, 0.717) is 48.6 Å². The zero-order valence-electron chi connectivity index (χ0n) is 25.4. The number of carbonyl (C=O) groups excluding carboxylic acids is 1. The van der Waals surface area contributed by atoms with E-state index >= 15 is 0 Å². The van der Waals surface area contributed by atoms with E-state index in [1.807, 2.05) is 104 Å². The molecule has 7 nitrogen and oxygen atoms in total. The lowest BCUT2D eigenvalue weighted by Gasteiger charge is -2.25. The van der Waals surface area contributed by atoms with Gasteiger partial charge in [-0.2, -0.15) is 0 Å². The maximum absolute atomic E-state index is 14.3. The molecule has 7 rings (SSSR count). The summed E-state index contributed by atoms with van der Waals surface area (Å²) in [6.45, 7) is 2.38. The summed E-state index contributed by atoms with van der Waals surface area (Å²) >= 11 is 13.8. The largest absolute Gasteiger partial charge is 0.497 e. The van der Waals surface area contributed by atoms with Gasteiger partial charge in [0.25, 0.3) is 11.5 Å². The number of anilines is 1. The van der Waals surface area contributed by atoms with Crippen molar-refractivity contribution in [2.75, 3.05) is 12.4 Å². The van der Waals surface area contributed by atoms with Gasteiger partial charge in [-0.25, -0.2) is 4.99 Å². The zero-order valence-corrected chi connectivity index (χ0v) is 27.7. The van der Waals surface area contributed by atoms with E-state index in [0.717, 1.165) is 27.6 Å². The highest BCUT2D eigenvalue weighted by molar-refractivity contribution is 7.07. The maximum Gasteiger partial charge on any atom is 0.271 e. The minimum Gasteiger partial charge on any atom is -0.497 e. The molecule has 6 aromatic rings. The second-order valence-electron chi connectivity index (χ2n) is 11.2. The van der Waals surface area contributed by atoms with Gasteiger partial charge in [0.15, 0.2) is 4.80 Å². The number of para-hydroxylation sites is 2. The number of hydrogen-bond donors (Lipinski definition) is 1. The van der Waals surface area contributed by atoms with Crippen LogP contribution < -0.4 is 24.9 Å². The normalized spacial score (nSPS) is 14.6. The van der Waals surface area contributed by atoms with Crippen molar-refractivity contribution in [2.24, 2.45) is 4.99 Å². The van der Waals surface area contributed by atoms with Crippen LogP contribution in [0.4, 0.5) is 5.69 Å². The fraction of sp³-hybridized carbons (Fsp3) is 0.108. The molecule has 0 saturated carbocycles. The van der Waals surface area contributed by atoms with E-state index in [1.54, 1.807) is 17.7 Å². The molecule has 2 aromatic heterocycles. The van der Waals surface area contributed by atoms with Gasteiger partial charge in [-0.3, -0.25) is 14.2 Å². The maximum atomic E-state index is 14.3. The molecular formula is C37H28Cl2N4O3S. The predicted molar refractivity (Wildman–Crippen MR) is 189 cm³/mol. The second-order valence-corrected chi connectivity index (χ2v) is 13.0. The van der Waals surface area contributed by atoms with Crippen molar-refractivity contribution in [2.45, 2.75) is 19.5 Å². The number of hydrogen-bond acceptors (Lipinski definition) is 5.